The van der Waals surface area contributed by atoms with Gasteiger partial charge in [-0.25, -0.2) is 4.79 Å². The van der Waals surface area contributed by atoms with Crippen molar-refractivity contribution in [3.63, 3.8) is 0 Å². The fourth-order valence-electron chi connectivity index (χ4n) is 11.4. The molecule has 0 aromatic rings. The van der Waals surface area contributed by atoms with Crippen molar-refractivity contribution in [2.75, 3.05) is 40.6 Å². The van der Waals surface area contributed by atoms with E-state index in [0.29, 0.717) is 56.1 Å². The summed E-state index contributed by atoms with van der Waals surface area (Å²) in [5, 5.41) is 75.3. The Kier molecular flexibility index (Phi) is 27.6. The molecule has 19 heteroatoms. The van der Waals surface area contributed by atoms with Crippen molar-refractivity contribution in [3.05, 3.63) is 47.6 Å². The number of aliphatic hydroxyl groups is 7. The van der Waals surface area contributed by atoms with Gasteiger partial charge in [0.15, 0.2) is 5.78 Å². The van der Waals surface area contributed by atoms with E-state index in [9.17, 15) is 59.7 Å². The number of cyclic esters (lactones) is 1. The normalized spacial score (nSPS) is 37.4. The van der Waals surface area contributed by atoms with Gasteiger partial charge in [-0.1, -0.05) is 78.0 Å². The van der Waals surface area contributed by atoms with Gasteiger partial charge in [-0.2, -0.15) is 0 Å². The Labute approximate surface area is 462 Å². The number of amides is 1. The minimum atomic E-state index is -2.61. The first kappa shape index (κ1) is 66.9. The third-order valence-electron chi connectivity index (χ3n) is 16.6. The number of methoxy groups -OCH3 is 2. The van der Waals surface area contributed by atoms with Gasteiger partial charge in [-0.3, -0.25) is 19.2 Å². The Morgan fingerprint density at radius 3 is 2.19 bits per heavy atom. The number of rotatable bonds is 15. The summed E-state index contributed by atoms with van der Waals surface area (Å²) in [7, 11) is 2.96. The molecule has 1 saturated carbocycles. The van der Waals surface area contributed by atoms with E-state index >= 15 is 0 Å². The first-order valence-corrected chi connectivity index (χ1v) is 28.4. The molecule has 2 bridgehead atoms. The second-order valence-electron chi connectivity index (χ2n) is 22.8. The molecule has 3 aliphatic heterocycles. The van der Waals surface area contributed by atoms with Gasteiger partial charge in [0.05, 0.1) is 50.3 Å². The average molecular weight is 1110 g/mol. The van der Waals surface area contributed by atoms with Crippen molar-refractivity contribution in [2.24, 2.45) is 35.5 Å². The quantitative estimate of drug-likeness (QED) is 0.0679. The molecule has 4 aliphatic rings. The smallest absolute Gasteiger partial charge is 0.329 e. The number of allylic oxidation sites excluding steroid dienone is 6. The van der Waals surface area contributed by atoms with Gasteiger partial charge in [0.1, 0.15) is 48.4 Å². The van der Waals surface area contributed by atoms with E-state index in [4.69, 9.17) is 28.4 Å². The standard InChI is InChI=1S/C59H95NO18/c1-11-44(62)53(67)54(68)46(64)33-76-48-31-42-22-20-40(8)59(72,78-42)56(69)57(70)60-24-16-15-19-43(60)58(71)77-49(37(5)29-41-21-23-47(75-26-25-61)50(30-41)73-9)32-45(63)36(4)28-39(7)52(66)55(74-10)51(65)38(6)27-34(2)17-13-12-14-18-35(48)3/h12-14,17-18,28,34,36-38,40-44,46-50,52-55,61-62,64,66-68,72H,11,15-16,19-27,29-33H2,1-10H3/b14-12+,17-13+,35-18+,39-28+/t34-,36-,37-,38-,40-,41+,42+,43+,44?,46?,47-,48?,49+,50-,52-,53?,54?,55?,59-/m1/s1. The Bertz CT molecular complexity index is 2060. The van der Waals surface area contributed by atoms with Crippen LogP contribution in [0.1, 0.15) is 139 Å². The van der Waals surface area contributed by atoms with Crippen LogP contribution in [-0.4, -0.2) is 189 Å². The van der Waals surface area contributed by atoms with Crippen LogP contribution in [0, 0.1) is 35.5 Å². The molecule has 1 amide bonds. The van der Waals surface area contributed by atoms with E-state index in [-0.39, 0.29) is 87.5 Å². The Morgan fingerprint density at radius 2 is 1.53 bits per heavy atom. The van der Waals surface area contributed by atoms with Crippen LogP contribution in [0.4, 0.5) is 0 Å². The minimum Gasteiger partial charge on any atom is -0.460 e. The van der Waals surface area contributed by atoms with E-state index in [0.717, 1.165) is 11.3 Å². The molecule has 6 unspecified atom stereocenters. The van der Waals surface area contributed by atoms with Gasteiger partial charge in [0.25, 0.3) is 11.7 Å². The number of carbonyl (C=O) groups is 5. The molecule has 2 saturated heterocycles. The van der Waals surface area contributed by atoms with Gasteiger partial charge in [0.2, 0.25) is 5.79 Å². The molecule has 7 N–H and O–H groups in total. The molecular weight excluding hydrogens is 1010 g/mol. The van der Waals surface area contributed by atoms with Crippen molar-refractivity contribution in [1.29, 1.82) is 0 Å². The lowest BCUT2D eigenvalue weighted by Crippen LogP contribution is -2.61. The molecule has 0 aromatic heterocycles. The number of hydrogen-bond acceptors (Lipinski definition) is 18. The number of aliphatic hydroxyl groups excluding tert-OH is 6. The highest BCUT2D eigenvalue weighted by Crippen LogP contribution is 2.38. The van der Waals surface area contributed by atoms with Crippen LogP contribution in [0.5, 0.6) is 0 Å². The van der Waals surface area contributed by atoms with Crippen molar-refractivity contribution in [2.45, 2.75) is 218 Å². The number of carbonyl (C=O) groups excluding carboxylic acids is 5. The number of nitrogens with zero attached hydrogens (tertiary/aromatic N) is 1. The van der Waals surface area contributed by atoms with Crippen LogP contribution in [0.25, 0.3) is 0 Å². The lowest BCUT2D eigenvalue weighted by atomic mass is 9.78. The average Bonchev–Trinajstić information content (AvgIpc) is 3.46. The molecule has 444 valence electrons. The Hall–Kier alpha value is -3.57. The zero-order valence-electron chi connectivity index (χ0n) is 47.9. The predicted molar refractivity (Wildman–Crippen MR) is 289 cm³/mol. The Morgan fingerprint density at radius 1 is 0.821 bits per heavy atom. The van der Waals surface area contributed by atoms with E-state index in [2.05, 4.69) is 0 Å². The summed E-state index contributed by atoms with van der Waals surface area (Å²) < 4.78 is 36.0. The molecule has 3 fully saturated rings. The van der Waals surface area contributed by atoms with Gasteiger partial charge < -0.3 is 69.1 Å². The molecule has 3 heterocycles. The summed E-state index contributed by atoms with van der Waals surface area (Å²) in [6.07, 6.45) is 3.12. The number of Topliss-reactive ketones (excluding diaryl/α,β-unsaturated/α-hetero) is 3. The zero-order chi connectivity index (χ0) is 58.0. The number of esters is 1. The highest BCUT2D eigenvalue weighted by molar-refractivity contribution is 6.39. The summed E-state index contributed by atoms with van der Waals surface area (Å²) in [6.45, 7) is 13.4. The molecule has 19 atom stereocenters. The van der Waals surface area contributed by atoms with Crippen LogP contribution in [-0.2, 0) is 52.4 Å². The molecule has 0 radical (unpaired) electrons. The number of ketones is 3. The van der Waals surface area contributed by atoms with E-state index in [1.165, 1.54) is 7.11 Å². The lowest BCUT2D eigenvalue weighted by Gasteiger charge is -2.43. The highest BCUT2D eigenvalue weighted by atomic mass is 16.6. The second-order valence-corrected chi connectivity index (χ2v) is 22.8. The van der Waals surface area contributed by atoms with Crippen LogP contribution in [0.3, 0.4) is 0 Å². The van der Waals surface area contributed by atoms with Crippen LogP contribution in [0.2, 0.25) is 0 Å². The molecule has 1 aliphatic carbocycles. The summed E-state index contributed by atoms with van der Waals surface area (Å²) in [6, 6.07) is -1.23. The largest absolute Gasteiger partial charge is 0.460 e. The molecule has 78 heavy (non-hydrogen) atoms. The van der Waals surface area contributed by atoms with Gasteiger partial charge in [0, 0.05) is 51.4 Å². The first-order valence-electron chi connectivity index (χ1n) is 28.4. The molecule has 19 nitrogen and oxygen atoms in total. The summed E-state index contributed by atoms with van der Waals surface area (Å²) in [4.78, 5) is 72.9. The highest BCUT2D eigenvalue weighted by Gasteiger charge is 2.53. The predicted octanol–water partition coefficient (Wildman–Crippen LogP) is 4.42. The summed E-state index contributed by atoms with van der Waals surface area (Å²) in [5.41, 5.74) is 0.959. The number of ether oxygens (including phenoxy) is 6. The maximum atomic E-state index is 14.6. The van der Waals surface area contributed by atoms with Gasteiger partial charge in [-0.05, 0) is 113 Å². The van der Waals surface area contributed by atoms with E-state index < -0.39 is 115 Å². The van der Waals surface area contributed by atoms with E-state index in [1.54, 1.807) is 73.0 Å². The number of fused-ring (bicyclic) bond motifs is 3. The second kappa shape index (κ2) is 32.2. The fraction of sp³-hybridized carbons (Fsp3) is 0.780. The number of hydrogen-bond donors (Lipinski definition) is 7. The van der Waals surface area contributed by atoms with Crippen LogP contribution in [0.15, 0.2) is 47.6 Å². The maximum absolute atomic E-state index is 14.6. The van der Waals surface area contributed by atoms with Gasteiger partial charge in [-0.15, -0.1) is 0 Å². The van der Waals surface area contributed by atoms with Crippen molar-refractivity contribution >= 4 is 29.2 Å². The molecule has 0 aromatic carbocycles. The third kappa shape index (κ3) is 18.5. The van der Waals surface area contributed by atoms with Crippen LogP contribution >= 0.6 is 0 Å². The SMILES string of the molecule is CCC(O)C(O)C(O)C(O)COC1C[C@@H]2CC[C@@H](C)[C@@](O)(O2)C(=O)C(=O)N2CCCC[C@H]2C(=O)O[C@H]([C@H](C)C[C@@H]2CC[C@@H](OCCO)[C@H](OC)C2)CC(=O)[C@H](C)/C=C(\C)[C@@H](O)C(OC)C(=O)[C@H](C)C[C@H](C)/C=C/C=C/C=C/1C. The first-order chi connectivity index (χ1) is 36.9. The minimum absolute atomic E-state index is 0.00421. The molecular formula is C59H95NO18. The lowest BCUT2D eigenvalue weighted by molar-refractivity contribution is -0.266. The topological polar surface area (TPSA) is 286 Å². The van der Waals surface area contributed by atoms with Gasteiger partial charge >= 0.3 is 5.97 Å². The molecule has 4 rings (SSSR count). The van der Waals surface area contributed by atoms with E-state index in [1.807, 2.05) is 26.0 Å². The van der Waals surface area contributed by atoms with Crippen molar-refractivity contribution in [3.8, 4) is 0 Å². The zero-order valence-corrected chi connectivity index (χ0v) is 47.9. The summed E-state index contributed by atoms with van der Waals surface area (Å²) >= 11 is 0. The molecule has 0 spiro atoms. The fourth-order valence-corrected chi connectivity index (χ4v) is 11.4. The van der Waals surface area contributed by atoms with Crippen molar-refractivity contribution in [1.82, 2.24) is 4.90 Å². The monoisotopic (exact) mass is 1110 g/mol. The Balaban J connectivity index is 1.73. The maximum Gasteiger partial charge on any atom is 0.329 e. The van der Waals surface area contributed by atoms with Crippen molar-refractivity contribution < 1.29 is 88.1 Å². The summed E-state index contributed by atoms with van der Waals surface area (Å²) in [5.74, 6) is -8.98. The third-order valence-corrected chi connectivity index (χ3v) is 16.6. The van der Waals surface area contributed by atoms with Crippen LogP contribution < -0.4 is 0 Å². The number of piperidine rings is 1.